The zero-order valence-electron chi connectivity index (χ0n) is 13.2. The monoisotopic (exact) mass is 306 g/mol. The molecule has 4 unspecified atom stereocenters. The SMILES string of the molecule is CC(c1ccc(Cl)cc1)N(C)CC1CC2CCCCC2N1. The highest BCUT2D eigenvalue weighted by Crippen LogP contribution is 2.34. The van der Waals surface area contributed by atoms with Gasteiger partial charge in [-0.2, -0.15) is 0 Å². The molecule has 1 aromatic carbocycles. The van der Waals surface area contributed by atoms with Crippen molar-refractivity contribution in [1.29, 1.82) is 0 Å². The molecule has 0 aromatic heterocycles. The Labute approximate surface area is 133 Å². The summed E-state index contributed by atoms with van der Waals surface area (Å²) < 4.78 is 0. The average Bonchev–Trinajstić information content (AvgIpc) is 2.89. The van der Waals surface area contributed by atoms with E-state index in [4.69, 9.17) is 11.6 Å². The summed E-state index contributed by atoms with van der Waals surface area (Å²) in [6.07, 6.45) is 7.04. The first kappa shape index (κ1) is 15.3. The lowest BCUT2D eigenvalue weighted by Crippen LogP contribution is -2.40. The van der Waals surface area contributed by atoms with Crippen molar-refractivity contribution in [3.63, 3.8) is 0 Å². The van der Waals surface area contributed by atoms with E-state index in [1.54, 1.807) is 0 Å². The van der Waals surface area contributed by atoms with Crippen LogP contribution in [0.3, 0.4) is 0 Å². The van der Waals surface area contributed by atoms with Gasteiger partial charge < -0.3 is 5.32 Å². The molecular weight excluding hydrogens is 280 g/mol. The quantitative estimate of drug-likeness (QED) is 0.894. The molecule has 3 rings (SSSR count). The molecule has 2 aliphatic rings. The van der Waals surface area contributed by atoms with Crippen molar-refractivity contribution in [2.24, 2.45) is 5.92 Å². The van der Waals surface area contributed by atoms with Crippen molar-refractivity contribution in [1.82, 2.24) is 10.2 Å². The molecule has 0 radical (unpaired) electrons. The minimum atomic E-state index is 0.437. The summed E-state index contributed by atoms with van der Waals surface area (Å²) in [6.45, 7) is 3.42. The Morgan fingerprint density at radius 3 is 2.67 bits per heavy atom. The van der Waals surface area contributed by atoms with E-state index in [1.807, 2.05) is 12.1 Å². The summed E-state index contributed by atoms with van der Waals surface area (Å²) >= 11 is 5.98. The molecule has 1 aromatic rings. The molecule has 0 bridgehead atoms. The first-order valence-corrected chi connectivity index (χ1v) is 8.73. The van der Waals surface area contributed by atoms with Crippen LogP contribution in [-0.2, 0) is 0 Å². The summed E-state index contributed by atoms with van der Waals surface area (Å²) in [5.41, 5.74) is 1.34. The van der Waals surface area contributed by atoms with Crippen LogP contribution in [-0.4, -0.2) is 30.6 Å². The molecule has 1 N–H and O–H groups in total. The highest BCUT2D eigenvalue weighted by molar-refractivity contribution is 6.30. The Morgan fingerprint density at radius 2 is 1.95 bits per heavy atom. The third kappa shape index (κ3) is 3.61. The van der Waals surface area contributed by atoms with Gasteiger partial charge in [-0.1, -0.05) is 36.6 Å². The fourth-order valence-electron chi connectivity index (χ4n) is 4.07. The van der Waals surface area contributed by atoms with Crippen molar-refractivity contribution in [2.45, 2.75) is 57.2 Å². The second kappa shape index (κ2) is 6.68. The highest BCUT2D eigenvalue weighted by Gasteiger charge is 2.35. The maximum absolute atomic E-state index is 5.98. The van der Waals surface area contributed by atoms with Crippen molar-refractivity contribution in [3.8, 4) is 0 Å². The van der Waals surface area contributed by atoms with Crippen LogP contribution in [0.4, 0.5) is 0 Å². The summed E-state index contributed by atoms with van der Waals surface area (Å²) in [4.78, 5) is 2.47. The number of halogens is 1. The van der Waals surface area contributed by atoms with Gasteiger partial charge in [-0.15, -0.1) is 0 Å². The second-order valence-electron chi connectivity index (χ2n) is 6.92. The van der Waals surface area contributed by atoms with Gasteiger partial charge in [-0.3, -0.25) is 4.90 Å². The van der Waals surface area contributed by atoms with E-state index in [2.05, 4.69) is 36.3 Å². The zero-order chi connectivity index (χ0) is 14.8. The van der Waals surface area contributed by atoms with E-state index in [1.165, 1.54) is 37.7 Å². The molecule has 1 heterocycles. The van der Waals surface area contributed by atoms with E-state index in [9.17, 15) is 0 Å². The largest absolute Gasteiger partial charge is 0.310 e. The zero-order valence-corrected chi connectivity index (χ0v) is 13.9. The molecule has 116 valence electrons. The smallest absolute Gasteiger partial charge is 0.0406 e. The van der Waals surface area contributed by atoms with Crippen molar-refractivity contribution in [3.05, 3.63) is 34.9 Å². The first-order valence-electron chi connectivity index (χ1n) is 8.35. The Balaban J connectivity index is 1.56. The number of nitrogens with zero attached hydrogens (tertiary/aromatic N) is 1. The van der Waals surface area contributed by atoms with Gasteiger partial charge in [0.2, 0.25) is 0 Å². The van der Waals surface area contributed by atoms with E-state index in [-0.39, 0.29) is 0 Å². The van der Waals surface area contributed by atoms with Crippen molar-refractivity contribution in [2.75, 3.05) is 13.6 Å². The predicted octanol–water partition coefficient (Wildman–Crippen LogP) is 4.25. The van der Waals surface area contributed by atoms with Crippen LogP contribution in [0.15, 0.2) is 24.3 Å². The van der Waals surface area contributed by atoms with Crippen LogP contribution in [0.1, 0.15) is 50.6 Å². The minimum absolute atomic E-state index is 0.437. The molecule has 3 heteroatoms. The topological polar surface area (TPSA) is 15.3 Å². The van der Waals surface area contributed by atoms with Gasteiger partial charge in [0, 0.05) is 29.7 Å². The maximum atomic E-state index is 5.98. The Hall–Kier alpha value is -0.570. The molecule has 2 nitrogen and oxygen atoms in total. The average molecular weight is 307 g/mol. The van der Waals surface area contributed by atoms with Crippen LogP contribution in [0, 0.1) is 5.92 Å². The third-order valence-corrected chi connectivity index (χ3v) is 5.72. The van der Waals surface area contributed by atoms with Crippen LogP contribution in [0.5, 0.6) is 0 Å². The van der Waals surface area contributed by atoms with Crippen LogP contribution >= 0.6 is 11.6 Å². The molecule has 1 aliphatic carbocycles. The van der Waals surface area contributed by atoms with Crippen LogP contribution < -0.4 is 5.32 Å². The van der Waals surface area contributed by atoms with Crippen LogP contribution in [0.25, 0.3) is 0 Å². The Morgan fingerprint density at radius 1 is 1.24 bits per heavy atom. The molecule has 0 spiro atoms. The number of rotatable bonds is 4. The van der Waals surface area contributed by atoms with Gasteiger partial charge in [0.25, 0.3) is 0 Å². The van der Waals surface area contributed by atoms with Gasteiger partial charge in [0.15, 0.2) is 0 Å². The number of hydrogen-bond acceptors (Lipinski definition) is 2. The molecule has 21 heavy (non-hydrogen) atoms. The normalized spacial score (nSPS) is 30.4. The maximum Gasteiger partial charge on any atom is 0.0406 e. The summed E-state index contributed by atoms with van der Waals surface area (Å²) in [5, 5.41) is 4.69. The van der Waals surface area contributed by atoms with E-state index in [0.717, 1.165) is 23.5 Å². The van der Waals surface area contributed by atoms with Crippen molar-refractivity contribution < 1.29 is 0 Å². The van der Waals surface area contributed by atoms with Gasteiger partial charge in [0.05, 0.1) is 0 Å². The number of benzene rings is 1. The lowest BCUT2D eigenvalue weighted by atomic mass is 9.85. The van der Waals surface area contributed by atoms with Gasteiger partial charge >= 0.3 is 0 Å². The first-order chi connectivity index (χ1) is 10.1. The van der Waals surface area contributed by atoms with Gasteiger partial charge in [-0.25, -0.2) is 0 Å². The molecular formula is C18H27ClN2. The third-order valence-electron chi connectivity index (χ3n) is 5.47. The van der Waals surface area contributed by atoms with E-state index < -0.39 is 0 Å². The number of nitrogens with one attached hydrogen (secondary N) is 1. The summed E-state index contributed by atoms with van der Waals surface area (Å²) in [6, 6.07) is 10.2. The standard InChI is InChI=1S/C18H27ClN2/c1-13(14-7-9-16(19)10-8-14)21(2)12-17-11-15-5-3-4-6-18(15)20-17/h7-10,13,15,17-18,20H,3-6,11-12H2,1-2H3. The second-order valence-corrected chi connectivity index (χ2v) is 7.35. The molecule has 0 amide bonds. The Bertz CT molecular complexity index is 445. The minimum Gasteiger partial charge on any atom is -0.310 e. The van der Waals surface area contributed by atoms with Crippen molar-refractivity contribution >= 4 is 11.6 Å². The van der Waals surface area contributed by atoms with E-state index in [0.29, 0.717) is 12.1 Å². The molecule has 4 atom stereocenters. The molecule has 1 aliphatic heterocycles. The molecule has 1 saturated carbocycles. The number of likely N-dealkylation sites (N-methyl/N-ethyl adjacent to an activating group) is 1. The van der Waals surface area contributed by atoms with Gasteiger partial charge in [0.1, 0.15) is 0 Å². The molecule has 1 saturated heterocycles. The molecule has 2 fully saturated rings. The number of fused-ring (bicyclic) bond motifs is 1. The summed E-state index contributed by atoms with van der Waals surface area (Å²) in [5.74, 6) is 0.933. The number of hydrogen-bond donors (Lipinski definition) is 1. The fourth-order valence-corrected chi connectivity index (χ4v) is 4.20. The Kier molecular flexibility index (Phi) is 4.88. The lowest BCUT2D eigenvalue weighted by molar-refractivity contribution is 0.235. The fraction of sp³-hybridized carbons (Fsp3) is 0.667. The summed E-state index contributed by atoms with van der Waals surface area (Å²) in [7, 11) is 2.24. The van der Waals surface area contributed by atoms with E-state index >= 15 is 0 Å². The predicted molar refractivity (Wildman–Crippen MR) is 89.8 cm³/mol. The van der Waals surface area contributed by atoms with Crippen LogP contribution in [0.2, 0.25) is 5.02 Å². The van der Waals surface area contributed by atoms with Gasteiger partial charge in [-0.05, 0) is 56.8 Å². The highest BCUT2D eigenvalue weighted by atomic mass is 35.5. The lowest BCUT2D eigenvalue weighted by Gasteiger charge is -2.28.